The summed E-state index contributed by atoms with van der Waals surface area (Å²) in [5.41, 5.74) is -0.469. The fraction of sp³-hybridized carbons (Fsp3) is 0.364. The molecule has 2 rings (SSSR count). The SMILES string of the molecule is N#Cc1c(F)cccc1S(=O)(=O)NC1CCOC1. The number of nitrogens with one attached hydrogen (secondary N) is 1. The fourth-order valence-electron chi connectivity index (χ4n) is 1.75. The Morgan fingerprint density at radius 1 is 1.50 bits per heavy atom. The van der Waals surface area contributed by atoms with Gasteiger partial charge in [-0.1, -0.05) is 6.07 Å². The van der Waals surface area contributed by atoms with Gasteiger partial charge in [0.05, 0.1) is 6.61 Å². The maximum atomic E-state index is 13.4. The Morgan fingerprint density at radius 3 is 2.89 bits per heavy atom. The van der Waals surface area contributed by atoms with Crippen molar-refractivity contribution < 1.29 is 17.5 Å². The van der Waals surface area contributed by atoms with Crippen LogP contribution in [0.4, 0.5) is 4.39 Å². The van der Waals surface area contributed by atoms with Crippen LogP contribution < -0.4 is 4.72 Å². The summed E-state index contributed by atoms with van der Waals surface area (Å²) >= 11 is 0. The molecule has 1 aromatic carbocycles. The number of hydrogen-bond donors (Lipinski definition) is 1. The van der Waals surface area contributed by atoms with Crippen LogP contribution in [-0.2, 0) is 14.8 Å². The second-order valence-corrected chi connectivity index (χ2v) is 5.59. The number of rotatable bonds is 3. The summed E-state index contributed by atoms with van der Waals surface area (Å²) in [5.74, 6) is -0.844. The molecule has 1 fully saturated rings. The lowest BCUT2D eigenvalue weighted by Crippen LogP contribution is -2.35. The highest BCUT2D eigenvalue weighted by molar-refractivity contribution is 7.89. The molecular weight excluding hydrogens is 259 g/mol. The number of hydrogen-bond acceptors (Lipinski definition) is 4. The van der Waals surface area contributed by atoms with Gasteiger partial charge in [-0.05, 0) is 18.6 Å². The molecule has 0 aliphatic carbocycles. The third kappa shape index (κ3) is 2.51. The fourth-order valence-corrected chi connectivity index (χ4v) is 3.17. The standard InChI is InChI=1S/C11H11FN2O3S/c12-10-2-1-3-11(9(10)6-13)18(15,16)14-8-4-5-17-7-8/h1-3,8,14H,4-5,7H2. The Hall–Kier alpha value is -1.49. The lowest BCUT2D eigenvalue weighted by Gasteiger charge is -2.12. The van der Waals surface area contributed by atoms with Crippen molar-refractivity contribution in [2.45, 2.75) is 17.4 Å². The van der Waals surface area contributed by atoms with E-state index < -0.39 is 21.4 Å². The maximum Gasteiger partial charge on any atom is 0.242 e. The van der Waals surface area contributed by atoms with Gasteiger partial charge in [0, 0.05) is 12.6 Å². The van der Waals surface area contributed by atoms with Crippen LogP contribution in [0.1, 0.15) is 12.0 Å². The molecule has 0 radical (unpaired) electrons. The summed E-state index contributed by atoms with van der Waals surface area (Å²) in [5, 5.41) is 8.82. The first-order valence-corrected chi connectivity index (χ1v) is 6.81. The van der Waals surface area contributed by atoms with Crippen molar-refractivity contribution in [3.8, 4) is 6.07 Å². The van der Waals surface area contributed by atoms with Crippen molar-refractivity contribution in [3.05, 3.63) is 29.6 Å². The highest BCUT2D eigenvalue weighted by Crippen LogP contribution is 2.19. The lowest BCUT2D eigenvalue weighted by atomic mass is 10.2. The number of ether oxygens (including phenoxy) is 1. The van der Waals surface area contributed by atoms with Crippen molar-refractivity contribution in [1.29, 1.82) is 5.26 Å². The van der Waals surface area contributed by atoms with Crippen molar-refractivity contribution >= 4 is 10.0 Å². The first kappa shape index (κ1) is 13.0. The van der Waals surface area contributed by atoms with Gasteiger partial charge in [0.15, 0.2) is 0 Å². The van der Waals surface area contributed by atoms with E-state index in [4.69, 9.17) is 10.00 Å². The molecule has 0 amide bonds. The van der Waals surface area contributed by atoms with Crippen LogP contribution in [0.2, 0.25) is 0 Å². The molecule has 96 valence electrons. The zero-order valence-electron chi connectivity index (χ0n) is 9.39. The Labute approximate surface area is 104 Å². The van der Waals surface area contributed by atoms with E-state index in [1.807, 2.05) is 0 Å². The third-order valence-electron chi connectivity index (χ3n) is 2.63. The molecule has 7 heteroatoms. The summed E-state index contributed by atoms with van der Waals surface area (Å²) in [6, 6.07) is 4.76. The molecule has 1 heterocycles. The number of nitriles is 1. The van der Waals surface area contributed by atoms with Crippen LogP contribution in [-0.4, -0.2) is 27.7 Å². The molecule has 1 aromatic rings. The minimum absolute atomic E-state index is 0.288. The average Bonchev–Trinajstić information content (AvgIpc) is 2.80. The molecule has 18 heavy (non-hydrogen) atoms. The van der Waals surface area contributed by atoms with E-state index >= 15 is 0 Å². The van der Waals surface area contributed by atoms with Crippen LogP contribution in [0.5, 0.6) is 0 Å². The zero-order chi connectivity index (χ0) is 13.2. The van der Waals surface area contributed by atoms with Crippen LogP contribution in [0.15, 0.2) is 23.1 Å². The Balaban J connectivity index is 2.35. The van der Waals surface area contributed by atoms with Crippen LogP contribution >= 0.6 is 0 Å². The second kappa shape index (κ2) is 5.02. The largest absolute Gasteiger partial charge is 0.380 e. The van der Waals surface area contributed by atoms with Gasteiger partial charge >= 0.3 is 0 Å². The summed E-state index contributed by atoms with van der Waals surface area (Å²) in [7, 11) is -3.90. The molecule has 1 unspecified atom stereocenters. The van der Waals surface area contributed by atoms with Gasteiger partial charge in [-0.3, -0.25) is 0 Å². The number of sulfonamides is 1. The van der Waals surface area contributed by atoms with Gasteiger partial charge in [-0.2, -0.15) is 5.26 Å². The third-order valence-corrected chi connectivity index (χ3v) is 4.19. The molecule has 0 bridgehead atoms. The monoisotopic (exact) mass is 270 g/mol. The quantitative estimate of drug-likeness (QED) is 0.879. The molecule has 0 aromatic heterocycles. The highest BCUT2D eigenvalue weighted by atomic mass is 32.2. The number of nitrogens with zero attached hydrogens (tertiary/aromatic N) is 1. The normalized spacial score (nSPS) is 19.7. The van der Waals surface area contributed by atoms with E-state index in [1.165, 1.54) is 12.1 Å². The van der Waals surface area contributed by atoms with E-state index in [1.54, 1.807) is 6.07 Å². The summed E-state index contributed by atoms with van der Waals surface area (Å²) < 4.78 is 44.9. The summed E-state index contributed by atoms with van der Waals surface area (Å²) in [4.78, 5) is -0.336. The van der Waals surface area contributed by atoms with Crippen LogP contribution in [0.3, 0.4) is 0 Å². The predicted molar refractivity (Wildman–Crippen MR) is 60.7 cm³/mol. The molecule has 0 saturated carbocycles. The molecule has 1 N–H and O–H groups in total. The zero-order valence-corrected chi connectivity index (χ0v) is 10.2. The molecular formula is C11H11FN2O3S. The Bertz CT molecular complexity index is 589. The first-order chi connectivity index (χ1) is 8.54. The topological polar surface area (TPSA) is 79.2 Å². The minimum Gasteiger partial charge on any atom is -0.380 e. The maximum absolute atomic E-state index is 13.4. The van der Waals surface area contributed by atoms with Gasteiger partial charge < -0.3 is 4.74 Å². The van der Waals surface area contributed by atoms with Crippen LogP contribution in [0, 0.1) is 17.1 Å². The van der Waals surface area contributed by atoms with Gasteiger partial charge in [0.25, 0.3) is 0 Å². The summed E-state index contributed by atoms with van der Waals surface area (Å²) in [6.45, 7) is 0.776. The minimum atomic E-state index is -3.90. The van der Waals surface area contributed by atoms with Gasteiger partial charge in [-0.15, -0.1) is 0 Å². The Kier molecular flexibility index (Phi) is 3.61. The lowest BCUT2D eigenvalue weighted by molar-refractivity contribution is 0.192. The van der Waals surface area contributed by atoms with E-state index in [-0.39, 0.29) is 17.5 Å². The van der Waals surface area contributed by atoms with E-state index in [0.29, 0.717) is 13.0 Å². The molecule has 1 saturated heterocycles. The van der Waals surface area contributed by atoms with E-state index in [2.05, 4.69) is 4.72 Å². The van der Waals surface area contributed by atoms with Crippen molar-refractivity contribution in [2.75, 3.05) is 13.2 Å². The number of benzene rings is 1. The average molecular weight is 270 g/mol. The molecule has 1 aliphatic rings. The van der Waals surface area contributed by atoms with Crippen molar-refractivity contribution in [2.24, 2.45) is 0 Å². The molecule has 0 spiro atoms. The molecule has 5 nitrogen and oxygen atoms in total. The van der Waals surface area contributed by atoms with Gasteiger partial charge in [0.1, 0.15) is 22.3 Å². The van der Waals surface area contributed by atoms with Gasteiger partial charge in [0.2, 0.25) is 10.0 Å². The van der Waals surface area contributed by atoms with Gasteiger partial charge in [-0.25, -0.2) is 17.5 Å². The van der Waals surface area contributed by atoms with Crippen LogP contribution in [0.25, 0.3) is 0 Å². The predicted octanol–water partition coefficient (Wildman–Crippen LogP) is 0.765. The highest BCUT2D eigenvalue weighted by Gasteiger charge is 2.26. The Morgan fingerprint density at radius 2 is 2.28 bits per heavy atom. The van der Waals surface area contributed by atoms with Crippen molar-refractivity contribution in [1.82, 2.24) is 4.72 Å². The summed E-state index contributed by atoms with van der Waals surface area (Å²) in [6.07, 6.45) is 0.566. The first-order valence-electron chi connectivity index (χ1n) is 5.33. The number of halogens is 1. The van der Waals surface area contributed by atoms with Crippen molar-refractivity contribution in [3.63, 3.8) is 0 Å². The molecule has 1 aliphatic heterocycles. The molecule has 1 atom stereocenters. The van der Waals surface area contributed by atoms with E-state index in [0.717, 1.165) is 6.07 Å². The second-order valence-electron chi connectivity index (χ2n) is 3.91. The van der Waals surface area contributed by atoms with E-state index in [9.17, 15) is 12.8 Å². The smallest absolute Gasteiger partial charge is 0.242 e.